The maximum atomic E-state index is 12.2. The van der Waals surface area contributed by atoms with Crippen molar-refractivity contribution in [1.82, 2.24) is 5.32 Å². The average molecular weight is 342 g/mol. The lowest BCUT2D eigenvalue weighted by atomic mass is 10.2. The van der Waals surface area contributed by atoms with Crippen LogP contribution >= 0.6 is 0 Å². The number of hydrogen-bond donors (Lipinski definition) is 2. The largest absolute Gasteiger partial charge is 0.383 e. The van der Waals surface area contributed by atoms with Gasteiger partial charge in [0.25, 0.3) is 0 Å². The molecule has 2 N–H and O–H groups in total. The van der Waals surface area contributed by atoms with E-state index in [0.29, 0.717) is 17.9 Å². The molecule has 0 bridgehead atoms. The molecule has 7 heteroatoms. The van der Waals surface area contributed by atoms with Gasteiger partial charge in [-0.1, -0.05) is 12.1 Å². The summed E-state index contributed by atoms with van der Waals surface area (Å²) in [5.74, 6) is -0.0200. The van der Waals surface area contributed by atoms with Gasteiger partial charge in [0.1, 0.15) is 0 Å². The number of anilines is 1. The van der Waals surface area contributed by atoms with Gasteiger partial charge in [-0.25, -0.2) is 13.2 Å². The zero-order chi connectivity index (χ0) is 17.7. The number of rotatable bonds is 6. The summed E-state index contributed by atoms with van der Waals surface area (Å²) in [6, 6.07) is 6.36. The van der Waals surface area contributed by atoms with Crippen LogP contribution in [0.3, 0.4) is 0 Å². The van der Waals surface area contributed by atoms with Crippen LogP contribution in [0, 0.1) is 0 Å². The van der Waals surface area contributed by atoms with Crippen LogP contribution in [0.5, 0.6) is 0 Å². The Morgan fingerprint density at radius 1 is 1.22 bits per heavy atom. The molecule has 0 saturated heterocycles. The van der Waals surface area contributed by atoms with Gasteiger partial charge in [0.05, 0.1) is 23.1 Å². The lowest BCUT2D eigenvalue weighted by Crippen LogP contribution is -2.38. The van der Waals surface area contributed by atoms with E-state index in [1.54, 1.807) is 52.1 Å². The Hall–Kier alpha value is -1.60. The summed E-state index contributed by atoms with van der Waals surface area (Å²) >= 11 is 0. The van der Waals surface area contributed by atoms with E-state index >= 15 is 0 Å². The van der Waals surface area contributed by atoms with Crippen LogP contribution in [-0.2, 0) is 20.3 Å². The summed E-state index contributed by atoms with van der Waals surface area (Å²) in [5, 5.41) is 5.43. The first kappa shape index (κ1) is 19.4. The number of urea groups is 1. The molecule has 0 aromatic heterocycles. The van der Waals surface area contributed by atoms with Crippen molar-refractivity contribution in [2.24, 2.45) is 0 Å². The number of methoxy groups -OCH3 is 1. The molecule has 1 aromatic rings. The number of ether oxygens (including phenoxy) is 1. The Kier molecular flexibility index (Phi) is 6.58. The number of amides is 2. The Bertz CT molecular complexity index is 618. The monoisotopic (exact) mass is 342 g/mol. The summed E-state index contributed by atoms with van der Waals surface area (Å²) in [4.78, 5) is 11.8. The average Bonchev–Trinajstić information content (AvgIpc) is 2.39. The van der Waals surface area contributed by atoms with Gasteiger partial charge in [0, 0.05) is 12.8 Å². The van der Waals surface area contributed by atoms with Gasteiger partial charge in [0.2, 0.25) is 0 Å². The van der Waals surface area contributed by atoms with Crippen molar-refractivity contribution in [3.8, 4) is 0 Å². The molecule has 0 saturated carbocycles. The first-order valence-electron chi connectivity index (χ1n) is 7.43. The van der Waals surface area contributed by atoms with Gasteiger partial charge < -0.3 is 15.4 Å². The van der Waals surface area contributed by atoms with E-state index in [0.717, 1.165) is 0 Å². The van der Waals surface area contributed by atoms with Gasteiger partial charge in [-0.3, -0.25) is 0 Å². The zero-order valence-corrected chi connectivity index (χ0v) is 15.2. The van der Waals surface area contributed by atoms with Gasteiger partial charge in [-0.2, -0.15) is 0 Å². The second-order valence-corrected chi connectivity index (χ2v) is 9.27. The first-order valence-corrected chi connectivity index (χ1v) is 9.08. The van der Waals surface area contributed by atoms with Crippen molar-refractivity contribution in [3.63, 3.8) is 0 Å². The molecule has 0 aliphatic heterocycles. The topological polar surface area (TPSA) is 84.5 Å². The lowest BCUT2D eigenvalue weighted by Gasteiger charge is -2.19. The fourth-order valence-corrected chi connectivity index (χ4v) is 2.87. The molecule has 1 aromatic carbocycles. The molecule has 6 nitrogen and oxygen atoms in total. The van der Waals surface area contributed by atoms with E-state index < -0.39 is 14.6 Å². The summed E-state index contributed by atoms with van der Waals surface area (Å²) in [7, 11) is -1.65. The van der Waals surface area contributed by atoms with Gasteiger partial charge in [-0.15, -0.1) is 0 Å². The minimum absolute atomic E-state index is 0.0200. The van der Waals surface area contributed by atoms with Crippen LogP contribution in [0.4, 0.5) is 10.5 Å². The fraction of sp³-hybridized carbons (Fsp3) is 0.562. The van der Waals surface area contributed by atoms with Crippen molar-refractivity contribution in [2.45, 2.75) is 44.2 Å². The first-order chi connectivity index (χ1) is 10.5. The molecule has 0 fully saturated rings. The Labute approximate surface area is 138 Å². The summed E-state index contributed by atoms with van der Waals surface area (Å²) in [6.45, 7) is 7.32. The standard InChI is InChI=1S/C16H26N2O4S/c1-12(10-22-5)17-15(19)18-14-8-6-13(7-9-14)11-23(20,21)16(2,3)4/h6-9,12H,10-11H2,1-5H3,(H2,17,18,19)/t12-/m0/s1. The van der Waals surface area contributed by atoms with Crippen molar-refractivity contribution < 1.29 is 17.9 Å². The lowest BCUT2D eigenvalue weighted by molar-refractivity contribution is 0.173. The molecule has 0 aliphatic rings. The Morgan fingerprint density at radius 2 is 1.78 bits per heavy atom. The van der Waals surface area contributed by atoms with E-state index in [9.17, 15) is 13.2 Å². The second kappa shape index (κ2) is 7.79. The highest BCUT2D eigenvalue weighted by molar-refractivity contribution is 7.91. The minimum atomic E-state index is -3.22. The maximum absolute atomic E-state index is 12.2. The number of hydrogen-bond acceptors (Lipinski definition) is 4. The molecule has 23 heavy (non-hydrogen) atoms. The van der Waals surface area contributed by atoms with Crippen molar-refractivity contribution in [3.05, 3.63) is 29.8 Å². The minimum Gasteiger partial charge on any atom is -0.383 e. The van der Waals surface area contributed by atoms with E-state index in [2.05, 4.69) is 10.6 Å². The molecule has 0 aliphatic carbocycles. The third-order valence-corrected chi connectivity index (χ3v) is 5.88. The number of sulfone groups is 1. The number of carbonyl (C=O) groups is 1. The smallest absolute Gasteiger partial charge is 0.319 e. The number of nitrogens with one attached hydrogen (secondary N) is 2. The quantitative estimate of drug-likeness (QED) is 0.832. The molecule has 1 atom stereocenters. The van der Waals surface area contributed by atoms with Gasteiger partial charge >= 0.3 is 6.03 Å². The molecular formula is C16H26N2O4S. The molecule has 0 radical (unpaired) electrons. The zero-order valence-electron chi connectivity index (χ0n) is 14.3. The van der Waals surface area contributed by atoms with Crippen LogP contribution in [0.25, 0.3) is 0 Å². The SMILES string of the molecule is COC[C@H](C)NC(=O)Nc1ccc(CS(=O)(=O)C(C)(C)C)cc1. The highest BCUT2D eigenvalue weighted by Gasteiger charge is 2.28. The molecule has 2 amide bonds. The van der Waals surface area contributed by atoms with Crippen LogP contribution in [-0.4, -0.2) is 39.0 Å². The van der Waals surface area contributed by atoms with Crippen molar-refractivity contribution in [1.29, 1.82) is 0 Å². The van der Waals surface area contributed by atoms with Crippen molar-refractivity contribution >= 4 is 21.6 Å². The third kappa shape index (κ3) is 6.19. The fourth-order valence-electron chi connectivity index (χ4n) is 1.80. The van der Waals surface area contributed by atoms with E-state index in [1.165, 1.54) is 0 Å². The second-order valence-electron chi connectivity index (χ2n) is 6.52. The summed E-state index contributed by atoms with van der Waals surface area (Å²) in [6.07, 6.45) is 0. The van der Waals surface area contributed by atoms with Crippen LogP contribution in [0.1, 0.15) is 33.3 Å². The molecular weight excluding hydrogens is 316 g/mol. The predicted octanol–water partition coefficient (Wildman–Crippen LogP) is 2.56. The predicted molar refractivity (Wildman–Crippen MR) is 92.3 cm³/mol. The normalized spacial score (nSPS) is 13.4. The summed E-state index contributed by atoms with van der Waals surface area (Å²) in [5.41, 5.74) is 1.29. The maximum Gasteiger partial charge on any atom is 0.319 e. The Morgan fingerprint density at radius 3 is 2.26 bits per heavy atom. The van der Waals surface area contributed by atoms with Gasteiger partial charge in [-0.05, 0) is 45.4 Å². The molecule has 0 heterocycles. The molecule has 1 rings (SSSR count). The highest BCUT2D eigenvalue weighted by atomic mass is 32.2. The highest BCUT2D eigenvalue weighted by Crippen LogP contribution is 2.21. The molecule has 0 unspecified atom stereocenters. The van der Waals surface area contributed by atoms with Crippen LogP contribution < -0.4 is 10.6 Å². The molecule has 130 valence electrons. The Balaban J connectivity index is 2.66. The molecule has 0 spiro atoms. The van der Waals surface area contributed by atoms with Gasteiger partial charge in [0.15, 0.2) is 9.84 Å². The van der Waals surface area contributed by atoms with E-state index in [-0.39, 0.29) is 17.8 Å². The van der Waals surface area contributed by atoms with Crippen LogP contribution in [0.15, 0.2) is 24.3 Å². The van der Waals surface area contributed by atoms with E-state index in [4.69, 9.17) is 4.74 Å². The number of benzene rings is 1. The third-order valence-electron chi connectivity index (χ3n) is 3.30. The van der Waals surface area contributed by atoms with Crippen molar-refractivity contribution in [2.75, 3.05) is 19.0 Å². The van der Waals surface area contributed by atoms with E-state index in [1.807, 2.05) is 6.92 Å². The number of carbonyl (C=O) groups excluding carboxylic acids is 1. The van der Waals surface area contributed by atoms with Crippen LogP contribution in [0.2, 0.25) is 0 Å². The summed E-state index contributed by atoms with van der Waals surface area (Å²) < 4.78 is 28.5.